The quantitative estimate of drug-likeness (QED) is 0.206. The molecule has 4 rings (SSSR count). The topological polar surface area (TPSA) is 73.6 Å². The van der Waals surface area contributed by atoms with Crippen molar-refractivity contribution >= 4 is 21.1 Å². The van der Waals surface area contributed by atoms with E-state index in [9.17, 15) is 30.8 Å². The van der Waals surface area contributed by atoms with Gasteiger partial charge in [-0.1, -0.05) is 18.2 Å². The van der Waals surface area contributed by atoms with Crippen LogP contribution >= 0.6 is 0 Å². The van der Waals surface area contributed by atoms with Crippen LogP contribution < -0.4 is 9.81 Å². The Morgan fingerprint density at radius 3 is 2.35 bits per heavy atom. The van der Waals surface area contributed by atoms with Gasteiger partial charge in [-0.3, -0.25) is 0 Å². The van der Waals surface area contributed by atoms with Crippen molar-refractivity contribution in [2.24, 2.45) is 0 Å². The molecule has 0 spiro atoms. The number of rotatable bonds is 5. The van der Waals surface area contributed by atoms with E-state index in [1.165, 1.54) is 30.3 Å². The molecule has 1 heterocycles. The summed E-state index contributed by atoms with van der Waals surface area (Å²) in [7, 11) is -4.59. The standard InChI is InChI=1S/C24H16F4O5S/c1-14-20-10-9-18(33-34(30,31)19-4-2-3-16(12-19)24(26,27)28)13-22(20)32-23(29)21(14)11-15-5-7-17(25)8-6-15/h2-10,12-13H,11H2,1H3. The molecule has 1 aromatic heterocycles. The van der Waals surface area contributed by atoms with Crippen LogP contribution in [0.1, 0.15) is 22.3 Å². The zero-order valence-corrected chi connectivity index (χ0v) is 18.3. The average Bonchev–Trinajstić information content (AvgIpc) is 2.77. The molecule has 0 saturated heterocycles. The van der Waals surface area contributed by atoms with Gasteiger partial charge in [0.2, 0.25) is 0 Å². The SMILES string of the molecule is Cc1c(Cc2ccc(F)cc2)c(=O)oc2cc(OS(=O)(=O)c3cccc(C(F)(F)F)c3)ccc12. The smallest absolute Gasteiger partial charge is 0.416 e. The van der Waals surface area contributed by atoms with Crippen LogP contribution in [0.5, 0.6) is 5.75 Å². The summed E-state index contributed by atoms with van der Waals surface area (Å²) in [6.45, 7) is 1.69. The maximum atomic E-state index is 13.1. The number of alkyl halides is 3. The van der Waals surface area contributed by atoms with Crippen molar-refractivity contribution in [3.63, 3.8) is 0 Å². The minimum Gasteiger partial charge on any atom is -0.422 e. The van der Waals surface area contributed by atoms with Crippen molar-refractivity contribution in [3.05, 3.63) is 105 Å². The highest BCUT2D eigenvalue weighted by atomic mass is 32.2. The molecule has 10 heteroatoms. The van der Waals surface area contributed by atoms with Gasteiger partial charge in [0.05, 0.1) is 5.56 Å². The lowest BCUT2D eigenvalue weighted by Gasteiger charge is -2.12. The zero-order valence-electron chi connectivity index (χ0n) is 17.5. The van der Waals surface area contributed by atoms with Crippen LogP contribution in [0, 0.1) is 12.7 Å². The minimum atomic E-state index is -4.72. The molecule has 5 nitrogen and oxygen atoms in total. The second-order valence-corrected chi connectivity index (χ2v) is 9.06. The lowest BCUT2D eigenvalue weighted by atomic mass is 9.99. The molecule has 176 valence electrons. The second-order valence-electron chi connectivity index (χ2n) is 7.52. The van der Waals surface area contributed by atoms with E-state index in [0.717, 1.165) is 18.2 Å². The Labute approximate surface area is 191 Å². The summed E-state index contributed by atoms with van der Waals surface area (Å²) in [4.78, 5) is 11.9. The van der Waals surface area contributed by atoms with E-state index in [1.54, 1.807) is 19.1 Å². The first-order chi connectivity index (χ1) is 15.9. The van der Waals surface area contributed by atoms with Crippen LogP contribution in [0.25, 0.3) is 11.0 Å². The summed E-state index contributed by atoms with van der Waals surface area (Å²) in [6, 6.07) is 12.8. The second kappa shape index (κ2) is 8.60. The van der Waals surface area contributed by atoms with E-state index >= 15 is 0 Å². The zero-order chi connectivity index (χ0) is 24.7. The Balaban J connectivity index is 1.66. The maximum Gasteiger partial charge on any atom is 0.416 e. The number of fused-ring (bicyclic) bond motifs is 1. The summed E-state index contributed by atoms with van der Waals surface area (Å²) >= 11 is 0. The summed E-state index contributed by atoms with van der Waals surface area (Å²) in [6.07, 6.45) is -4.52. The molecule has 0 amide bonds. The predicted molar refractivity (Wildman–Crippen MR) is 116 cm³/mol. The van der Waals surface area contributed by atoms with E-state index in [0.29, 0.717) is 28.1 Å². The normalized spacial score (nSPS) is 12.1. The number of hydrogen-bond acceptors (Lipinski definition) is 5. The summed E-state index contributed by atoms with van der Waals surface area (Å²) in [5, 5.41) is 0.514. The van der Waals surface area contributed by atoms with Crippen molar-refractivity contribution in [2.45, 2.75) is 24.4 Å². The van der Waals surface area contributed by atoms with E-state index < -0.39 is 38.2 Å². The van der Waals surface area contributed by atoms with E-state index in [1.807, 2.05) is 0 Å². The van der Waals surface area contributed by atoms with Crippen LogP contribution in [0.2, 0.25) is 0 Å². The molecule has 0 unspecified atom stereocenters. The van der Waals surface area contributed by atoms with E-state index in [2.05, 4.69) is 0 Å². The van der Waals surface area contributed by atoms with Crippen molar-refractivity contribution in [1.29, 1.82) is 0 Å². The van der Waals surface area contributed by atoms with Crippen LogP contribution in [-0.2, 0) is 22.7 Å². The van der Waals surface area contributed by atoms with Crippen molar-refractivity contribution < 1.29 is 34.6 Å². The number of halogens is 4. The highest BCUT2D eigenvalue weighted by molar-refractivity contribution is 7.87. The molecule has 0 aliphatic heterocycles. The fourth-order valence-electron chi connectivity index (χ4n) is 3.44. The Kier molecular flexibility index (Phi) is 5.94. The molecule has 0 atom stereocenters. The third-order valence-electron chi connectivity index (χ3n) is 5.21. The molecule has 0 fully saturated rings. The predicted octanol–water partition coefficient (Wildman–Crippen LogP) is 5.62. The van der Waals surface area contributed by atoms with Gasteiger partial charge in [-0.15, -0.1) is 0 Å². The molecule has 3 aromatic carbocycles. The first-order valence-corrected chi connectivity index (χ1v) is 11.3. The van der Waals surface area contributed by atoms with Gasteiger partial charge in [-0.25, -0.2) is 9.18 Å². The third-order valence-corrected chi connectivity index (χ3v) is 6.45. The van der Waals surface area contributed by atoms with Crippen LogP contribution in [-0.4, -0.2) is 8.42 Å². The Morgan fingerprint density at radius 1 is 0.971 bits per heavy atom. The highest BCUT2D eigenvalue weighted by Gasteiger charge is 2.32. The molecule has 34 heavy (non-hydrogen) atoms. The van der Waals surface area contributed by atoms with Gasteiger partial charge in [-0.2, -0.15) is 21.6 Å². The fraction of sp³-hybridized carbons (Fsp3) is 0.125. The monoisotopic (exact) mass is 492 g/mol. The van der Waals surface area contributed by atoms with Gasteiger partial charge >= 0.3 is 21.9 Å². The molecule has 0 saturated carbocycles. The lowest BCUT2D eigenvalue weighted by Crippen LogP contribution is -2.13. The molecule has 0 radical (unpaired) electrons. The van der Waals surface area contributed by atoms with Crippen LogP contribution in [0.4, 0.5) is 17.6 Å². The van der Waals surface area contributed by atoms with E-state index in [-0.39, 0.29) is 17.8 Å². The summed E-state index contributed by atoms with van der Waals surface area (Å²) in [5.41, 5.74) is -0.115. The van der Waals surface area contributed by atoms with Gasteiger partial charge in [-0.05, 0) is 60.5 Å². The number of benzene rings is 3. The molecular weight excluding hydrogens is 476 g/mol. The van der Waals surface area contributed by atoms with Gasteiger partial charge in [0, 0.05) is 23.4 Å². The molecule has 0 bridgehead atoms. The highest BCUT2D eigenvalue weighted by Crippen LogP contribution is 2.32. The van der Waals surface area contributed by atoms with Crippen LogP contribution in [0.3, 0.4) is 0 Å². The first-order valence-electron chi connectivity index (χ1n) is 9.86. The Bertz CT molecular complexity index is 1540. The largest absolute Gasteiger partial charge is 0.422 e. The van der Waals surface area contributed by atoms with Gasteiger partial charge in [0.25, 0.3) is 0 Å². The van der Waals surface area contributed by atoms with Crippen molar-refractivity contribution in [1.82, 2.24) is 0 Å². The molecule has 0 N–H and O–H groups in total. The maximum absolute atomic E-state index is 13.1. The molecule has 0 aliphatic carbocycles. The number of hydrogen-bond donors (Lipinski definition) is 0. The van der Waals surface area contributed by atoms with Gasteiger partial charge in [0.15, 0.2) is 0 Å². The minimum absolute atomic E-state index is 0.0436. The van der Waals surface area contributed by atoms with Crippen molar-refractivity contribution in [2.75, 3.05) is 0 Å². The van der Waals surface area contributed by atoms with Crippen LogP contribution in [0.15, 0.2) is 80.8 Å². The van der Waals surface area contributed by atoms with E-state index in [4.69, 9.17) is 8.60 Å². The van der Waals surface area contributed by atoms with Gasteiger partial charge in [0.1, 0.15) is 22.0 Å². The summed E-state index contributed by atoms with van der Waals surface area (Å²) in [5.74, 6) is -0.641. The fourth-order valence-corrected chi connectivity index (χ4v) is 4.41. The summed E-state index contributed by atoms with van der Waals surface area (Å²) < 4.78 is 87.3. The Morgan fingerprint density at radius 2 is 1.68 bits per heavy atom. The Hall–Kier alpha value is -3.66. The van der Waals surface area contributed by atoms with Crippen molar-refractivity contribution in [3.8, 4) is 5.75 Å². The number of aryl methyl sites for hydroxylation is 1. The molecule has 0 aliphatic rings. The molecular formula is C24H16F4O5S. The molecule has 4 aromatic rings. The third kappa shape index (κ3) is 4.81. The van der Waals surface area contributed by atoms with Gasteiger partial charge < -0.3 is 8.60 Å². The first kappa shape index (κ1) is 23.5. The average molecular weight is 492 g/mol. The lowest BCUT2D eigenvalue weighted by molar-refractivity contribution is -0.137.